The third-order valence-electron chi connectivity index (χ3n) is 2.05. The molecule has 0 bridgehead atoms. The van der Waals surface area contributed by atoms with Crippen molar-refractivity contribution in [2.24, 2.45) is 11.8 Å². The number of rotatable bonds is 4. The van der Waals surface area contributed by atoms with E-state index in [1.165, 1.54) is 0 Å². The third-order valence-corrected chi connectivity index (χ3v) is 2.05. The van der Waals surface area contributed by atoms with E-state index in [-0.39, 0.29) is 5.91 Å². The van der Waals surface area contributed by atoms with Crippen molar-refractivity contribution in [2.75, 3.05) is 19.6 Å². The molecule has 1 amide bonds. The molecule has 70 valence electrons. The van der Waals surface area contributed by atoms with Gasteiger partial charge in [0.15, 0.2) is 0 Å². The second-order valence-electron chi connectivity index (χ2n) is 3.93. The molecular formula is C9H18N2O. The Labute approximate surface area is 73.9 Å². The Morgan fingerprint density at radius 3 is 2.67 bits per heavy atom. The van der Waals surface area contributed by atoms with Gasteiger partial charge in [-0.1, -0.05) is 13.8 Å². The van der Waals surface area contributed by atoms with Crippen LogP contribution in [0.3, 0.4) is 0 Å². The molecule has 0 radical (unpaired) electrons. The third kappa shape index (κ3) is 3.22. The Kier molecular flexibility index (Phi) is 3.53. The van der Waals surface area contributed by atoms with Crippen molar-refractivity contribution >= 4 is 5.91 Å². The Morgan fingerprint density at radius 2 is 2.25 bits per heavy atom. The van der Waals surface area contributed by atoms with E-state index in [0.29, 0.717) is 18.3 Å². The Bertz CT molecular complexity index is 153. The van der Waals surface area contributed by atoms with E-state index in [9.17, 15) is 4.79 Å². The molecule has 1 aliphatic heterocycles. The lowest BCUT2D eigenvalue weighted by molar-refractivity contribution is -0.122. The second-order valence-corrected chi connectivity index (χ2v) is 3.93. The Morgan fingerprint density at radius 1 is 1.58 bits per heavy atom. The topological polar surface area (TPSA) is 41.1 Å². The summed E-state index contributed by atoms with van der Waals surface area (Å²) in [6, 6.07) is 0. The highest BCUT2D eigenvalue weighted by Crippen LogP contribution is 2.07. The van der Waals surface area contributed by atoms with Gasteiger partial charge in [-0.05, 0) is 24.9 Å². The lowest BCUT2D eigenvalue weighted by atomic mass is 9.99. The van der Waals surface area contributed by atoms with Crippen LogP contribution in [-0.2, 0) is 4.79 Å². The minimum Gasteiger partial charge on any atom is -0.356 e. The molecule has 12 heavy (non-hydrogen) atoms. The summed E-state index contributed by atoms with van der Waals surface area (Å²) in [5.41, 5.74) is 0. The highest BCUT2D eigenvalue weighted by atomic mass is 16.1. The monoisotopic (exact) mass is 170 g/mol. The summed E-state index contributed by atoms with van der Waals surface area (Å²) in [4.78, 5) is 11.2. The van der Waals surface area contributed by atoms with Gasteiger partial charge in [0.05, 0.1) is 0 Å². The molecule has 0 saturated carbocycles. The fourth-order valence-corrected chi connectivity index (χ4v) is 1.15. The van der Waals surface area contributed by atoms with Crippen LogP contribution in [0.25, 0.3) is 0 Å². The van der Waals surface area contributed by atoms with Gasteiger partial charge < -0.3 is 10.6 Å². The zero-order valence-corrected chi connectivity index (χ0v) is 7.89. The first kappa shape index (κ1) is 9.52. The maximum atomic E-state index is 11.2. The molecule has 0 aromatic carbocycles. The summed E-state index contributed by atoms with van der Waals surface area (Å²) in [7, 11) is 0. The van der Waals surface area contributed by atoms with Crippen LogP contribution in [0.1, 0.15) is 20.3 Å². The first-order valence-electron chi connectivity index (χ1n) is 4.66. The predicted molar refractivity (Wildman–Crippen MR) is 48.8 cm³/mol. The maximum absolute atomic E-state index is 11.2. The average Bonchev–Trinajstić information content (AvgIpc) is 1.93. The molecule has 3 heteroatoms. The van der Waals surface area contributed by atoms with Crippen molar-refractivity contribution in [3.05, 3.63) is 0 Å². The van der Waals surface area contributed by atoms with Gasteiger partial charge >= 0.3 is 0 Å². The van der Waals surface area contributed by atoms with E-state index >= 15 is 0 Å². The van der Waals surface area contributed by atoms with E-state index in [0.717, 1.165) is 19.6 Å². The zero-order valence-electron chi connectivity index (χ0n) is 7.89. The molecule has 0 spiro atoms. The zero-order chi connectivity index (χ0) is 8.97. The molecule has 3 nitrogen and oxygen atoms in total. The molecule has 1 fully saturated rings. The van der Waals surface area contributed by atoms with Crippen LogP contribution < -0.4 is 10.6 Å². The van der Waals surface area contributed by atoms with Crippen molar-refractivity contribution in [1.29, 1.82) is 0 Å². The summed E-state index contributed by atoms with van der Waals surface area (Å²) >= 11 is 0. The van der Waals surface area contributed by atoms with E-state index in [2.05, 4.69) is 24.5 Å². The molecule has 2 N–H and O–H groups in total. The van der Waals surface area contributed by atoms with Gasteiger partial charge in [-0.3, -0.25) is 4.79 Å². The summed E-state index contributed by atoms with van der Waals surface area (Å²) in [5.74, 6) is 1.33. The normalized spacial score (nSPS) is 17.6. The summed E-state index contributed by atoms with van der Waals surface area (Å²) in [6.07, 6.45) is 0.694. The summed E-state index contributed by atoms with van der Waals surface area (Å²) < 4.78 is 0. The highest BCUT2D eigenvalue weighted by Gasteiger charge is 2.19. The van der Waals surface area contributed by atoms with Crippen molar-refractivity contribution in [3.8, 4) is 0 Å². The number of hydrogen-bond donors (Lipinski definition) is 2. The van der Waals surface area contributed by atoms with Crippen LogP contribution in [0.4, 0.5) is 0 Å². The first-order chi connectivity index (χ1) is 5.68. The smallest absolute Gasteiger partial charge is 0.220 e. The molecule has 0 unspecified atom stereocenters. The van der Waals surface area contributed by atoms with Gasteiger partial charge in [-0.2, -0.15) is 0 Å². The van der Waals surface area contributed by atoms with E-state index < -0.39 is 0 Å². The van der Waals surface area contributed by atoms with E-state index in [4.69, 9.17) is 0 Å². The van der Waals surface area contributed by atoms with E-state index in [1.807, 2.05) is 0 Å². The minimum absolute atomic E-state index is 0.204. The van der Waals surface area contributed by atoms with Crippen molar-refractivity contribution in [1.82, 2.24) is 10.6 Å². The second kappa shape index (κ2) is 4.45. The number of carbonyl (C=O) groups is 1. The molecular weight excluding hydrogens is 152 g/mol. The number of carbonyl (C=O) groups excluding carboxylic acids is 1. The average molecular weight is 170 g/mol. The molecule has 1 heterocycles. The first-order valence-corrected chi connectivity index (χ1v) is 4.66. The SMILES string of the molecule is CC(C)CNC(=O)CC1CNC1. The van der Waals surface area contributed by atoms with Crippen LogP contribution in [0.15, 0.2) is 0 Å². The van der Waals surface area contributed by atoms with E-state index in [1.54, 1.807) is 0 Å². The van der Waals surface area contributed by atoms with Gasteiger partial charge in [0.2, 0.25) is 5.91 Å². The lowest BCUT2D eigenvalue weighted by Crippen LogP contribution is -2.44. The number of hydrogen-bond acceptors (Lipinski definition) is 2. The summed E-state index contributed by atoms with van der Waals surface area (Å²) in [5, 5.41) is 6.07. The number of amides is 1. The summed E-state index contributed by atoms with van der Waals surface area (Å²) in [6.45, 7) is 7.03. The fraction of sp³-hybridized carbons (Fsp3) is 0.889. The van der Waals surface area contributed by atoms with Crippen LogP contribution in [-0.4, -0.2) is 25.5 Å². The van der Waals surface area contributed by atoms with Crippen LogP contribution in [0.5, 0.6) is 0 Å². The maximum Gasteiger partial charge on any atom is 0.220 e. The van der Waals surface area contributed by atoms with Crippen molar-refractivity contribution < 1.29 is 4.79 Å². The van der Waals surface area contributed by atoms with Gasteiger partial charge in [-0.25, -0.2) is 0 Å². The van der Waals surface area contributed by atoms with Crippen molar-refractivity contribution in [3.63, 3.8) is 0 Å². The predicted octanol–water partition coefficient (Wildman–Crippen LogP) is 0.368. The quantitative estimate of drug-likeness (QED) is 0.640. The van der Waals surface area contributed by atoms with Crippen molar-refractivity contribution in [2.45, 2.75) is 20.3 Å². The Hall–Kier alpha value is -0.570. The van der Waals surface area contributed by atoms with Crippen LogP contribution in [0, 0.1) is 11.8 Å². The highest BCUT2D eigenvalue weighted by molar-refractivity contribution is 5.76. The molecule has 0 atom stereocenters. The number of nitrogens with one attached hydrogen (secondary N) is 2. The van der Waals surface area contributed by atoms with Gasteiger partial charge in [-0.15, -0.1) is 0 Å². The lowest BCUT2D eigenvalue weighted by Gasteiger charge is -2.26. The van der Waals surface area contributed by atoms with Gasteiger partial charge in [0, 0.05) is 13.0 Å². The largest absolute Gasteiger partial charge is 0.356 e. The molecule has 0 aromatic heterocycles. The molecule has 1 aliphatic rings. The van der Waals surface area contributed by atoms with Crippen LogP contribution >= 0.6 is 0 Å². The minimum atomic E-state index is 0.204. The molecule has 1 rings (SSSR count). The standard InChI is InChI=1S/C9H18N2O/c1-7(2)4-11-9(12)3-8-5-10-6-8/h7-8,10H,3-6H2,1-2H3,(H,11,12). The Balaban J connectivity index is 2.03. The van der Waals surface area contributed by atoms with Gasteiger partial charge in [0.1, 0.15) is 0 Å². The van der Waals surface area contributed by atoms with Crippen LogP contribution in [0.2, 0.25) is 0 Å². The molecule has 1 saturated heterocycles. The molecule has 0 aliphatic carbocycles. The molecule has 0 aromatic rings. The fourth-order valence-electron chi connectivity index (χ4n) is 1.15. The van der Waals surface area contributed by atoms with Gasteiger partial charge in [0.25, 0.3) is 0 Å².